The Kier molecular flexibility index (Phi) is 2.50. The Balaban J connectivity index is 2.61. The lowest BCUT2D eigenvalue weighted by Gasteiger charge is -2.14. The van der Waals surface area contributed by atoms with E-state index in [1.165, 1.54) is 5.57 Å². The molecule has 0 aromatic carbocycles. The van der Waals surface area contributed by atoms with Crippen LogP contribution >= 0.6 is 11.6 Å². The topological polar surface area (TPSA) is 12.4 Å². The summed E-state index contributed by atoms with van der Waals surface area (Å²) in [5.41, 5.74) is 1.35. The molecule has 0 radical (unpaired) electrons. The SMILES string of the molecule is CC(C)C1=CN=CC(Cl)C1. The van der Waals surface area contributed by atoms with Gasteiger partial charge in [0.05, 0.1) is 5.38 Å². The zero-order valence-electron chi connectivity index (χ0n) is 6.34. The van der Waals surface area contributed by atoms with Crippen LogP contribution < -0.4 is 0 Å². The van der Waals surface area contributed by atoms with E-state index in [4.69, 9.17) is 11.6 Å². The Labute approximate surface area is 66.8 Å². The first-order valence-corrected chi connectivity index (χ1v) is 4.00. The normalized spacial score (nSPS) is 25.2. The van der Waals surface area contributed by atoms with E-state index in [1.807, 2.05) is 6.20 Å². The van der Waals surface area contributed by atoms with Gasteiger partial charge in [0.25, 0.3) is 0 Å². The predicted octanol–water partition coefficient (Wildman–Crippen LogP) is 2.61. The van der Waals surface area contributed by atoms with Crippen LogP contribution in [0.25, 0.3) is 0 Å². The lowest BCUT2D eigenvalue weighted by atomic mass is 9.98. The number of hydrogen-bond donors (Lipinski definition) is 0. The maximum Gasteiger partial charge on any atom is 0.0725 e. The highest BCUT2D eigenvalue weighted by Gasteiger charge is 2.11. The molecule has 0 aliphatic carbocycles. The Hall–Kier alpha value is -0.300. The van der Waals surface area contributed by atoms with Crippen LogP contribution in [0.5, 0.6) is 0 Å². The summed E-state index contributed by atoms with van der Waals surface area (Å²) < 4.78 is 0. The second kappa shape index (κ2) is 3.20. The summed E-state index contributed by atoms with van der Waals surface area (Å²) in [5.74, 6) is 0.582. The van der Waals surface area contributed by atoms with Gasteiger partial charge in [-0.1, -0.05) is 13.8 Å². The lowest BCUT2D eigenvalue weighted by molar-refractivity contribution is 0.715. The number of rotatable bonds is 1. The molecule has 0 N–H and O–H groups in total. The van der Waals surface area contributed by atoms with Crippen molar-refractivity contribution in [2.75, 3.05) is 0 Å². The molecule has 0 fully saturated rings. The summed E-state index contributed by atoms with van der Waals surface area (Å²) in [6.45, 7) is 4.33. The maximum atomic E-state index is 5.87. The molecule has 1 rings (SSSR count). The smallest absolute Gasteiger partial charge is 0.0725 e. The molecule has 1 heterocycles. The van der Waals surface area contributed by atoms with Gasteiger partial charge in [0.2, 0.25) is 0 Å². The molecule has 10 heavy (non-hydrogen) atoms. The zero-order valence-corrected chi connectivity index (χ0v) is 7.10. The molecule has 1 aliphatic heterocycles. The molecule has 0 bridgehead atoms. The Morgan fingerprint density at radius 3 is 2.80 bits per heavy atom. The van der Waals surface area contributed by atoms with Gasteiger partial charge < -0.3 is 0 Å². The molecule has 0 aromatic heterocycles. The van der Waals surface area contributed by atoms with Crippen molar-refractivity contribution in [2.45, 2.75) is 25.6 Å². The van der Waals surface area contributed by atoms with Crippen LogP contribution in [0, 0.1) is 5.92 Å². The van der Waals surface area contributed by atoms with Gasteiger partial charge in [-0.2, -0.15) is 0 Å². The van der Waals surface area contributed by atoms with Crippen molar-refractivity contribution in [2.24, 2.45) is 10.9 Å². The van der Waals surface area contributed by atoms with Crippen molar-refractivity contribution in [3.63, 3.8) is 0 Å². The van der Waals surface area contributed by atoms with E-state index in [-0.39, 0.29) is 5.38 Å². The van der Waals surface area contributed by atoms with Crippen LogP contribution in [0.15, 0.2) is 16.8 Å². The van der Waals surface area contributed by atoms with Crippen molar-refractivity contribution in [3.05, 3.63) is 11.8 Å². The average Bonchev–Trinajstić information content (AvgIpc) is 1.88. The summed E-state index contributed by atoms with van der Waals surface area (Å²) in [6.07, 6.45) is 4.67. The van der Waals surface area contributed by atoms with Gasteiger partial charge in [0, 0.05) is 12.4 Å². The highest BCUT2D eigenvalue weighted by atomic mass is 35.5. The van der Waals surface area contributed by atoms with Gasteiger partial charge in [-0.05, 0) is 17.9 Å². The monoisotopic (exact) mass is 157 g/mol. The van der Waals surface area contributed by atoms with Crippen molar-refractivity contribution in [1.29, 1.82) is 0 Å². The standard InChI is InChI=1S/C8H12ClN/c1-6(2)7-3-8(9)5-10-4-7/h4-6,8H,3H2,1-2H3. The van der Waals surface area contributed by atoms with Gasteiger partial charge in [-0.25, -0.2) is 0 Å². The Morgan fingerprint density at radius 1 is 1.70 bits per heavy atom. The Bertz CT molecular complexity index is 170. The average molecular weight is 158 g/mol. The molecule has 0 aromatic rings. The molecule has 0 amide bonds. The number of allylic oxidation sites excluding steroid dienone is 1. The fourth-order valence-corrected chi connectivity index (χ4v) is 1.19. The van der Waals surface area contributed by atoms with Crippen molar-refractivity contribution in [1.82, 2.24) is 0 Å². The number of hydrogen-bond acceptors (Lipinski definition) is 1. The highest BCUT2D eigenvalue weighted by Crippen LogP contribution is 2.20. The first-order valence-electron chi connectivity index (χ1n) is 3.56. The van der Waals surface area contributed by atoms with E-state index in [0.717, 1.165) is 6.42 Å². The van der Waals surface area contributed by atoms with Gasteiger partial charge >= 0.3 is 0 Å². The Morgan fingerprint density at radius 2 is 2.40 bits per heavy atom. The van der Waals surface area contributed by atoms with Gasteiger partial charge in [0.15, 0.2) is 0 Å². The first kappa shape index (κ1) is 7.80. The van der Waals surface area contributed by atoms with E-state index in [2.05, 4.69) is 18.8 Å². The van der Waals surface area contributed by atoms with E-state index in [0.29, 0.717) is 5.92 Å². The minimum atomic E-state index is 0.113. The van der Waals surface area contributed by atoms with E-state index < -0.39 is 0 Å². The third kappa shape index (κ3) is 1.84. The molecule has 1 aliphatic rings. The summed E-state index contributed by atoms with van der Waals surface area (Å²) in [7, 11) is 0. The van der Waals surface area contributed by atoms with Crippen LogP contribution in [-0.4, -0.2) is 11.6 Å². The van der Waals surface area contributed by atoms with E-state index in [9.17, 15) is 0 Å². The van der Waals surface area contributed by atoms with Gasteiger partial charge in [-0.15, -0.1) is 11.6 Å². The summed E-state index contributed by atoms with van der Waals surface area (Å²) in [5, 5.41) is 0.113. The largest absolute Gasteiger partial charge is 0.268 e. The van der Waals surface area contributed by atoms with Crippen LogP contribution in [0.4, 0.5) is 0 Å². The maximum absolute atomic E-state index is 5.87. The van der Waals surface area contributed by atoms with Gasteiger partial charge in [0.1, 0.15) is 0 Å². The molecule has 0 spiro atoms. The molecule has 1 atom stereocenters. The second-order valence-corrected chi connectivity index (χ2v) is 3.44. The summed E-state index contributed by atoms with van der Waals surface area (Å²) >= 11 is 5.87. The summed E-state index contributed by atoms with van der Waals surface area (Å²) in [4.78, 5) is 4.04. The van der Waals surface area contributed by atoms with Crippen LogP contribution in [0.2, 0.25) is 0 Å². The molecular formula is C8H12ClN. The molecule has 1 unspecified atom stereocenters. The first-order chi connectivity index (χ1) is 4.70. The molecule has 2 heteroatoms. The van der Waals surface area contributed by atoms with Crippen LogP contribution in [0.1, 0.15) is 20.3 Å². The van der Waals surface area contributed by atoms with E-state index >= 15 is 0 Å². The number of aliphatic imine (C=N–C) groups is 1. The highest BCUT2D eigenvalue weighted by molar-refractivity contribution is 6.28. The fraction of sp³-hybridized carbons (Fsp3) is 0.625. The van der Waals surface area contributed by atoms with E-state index in [1.54, 1.807) is 6.21 Å². The zero-order chi connectivity index (χ0) is 7.56. The minimum Gasteiger partial charge on any atom is -0.268 e. The third-order valence-electron chi connectivity index (χ3n) is 1.66. The molecule has 0 saturated heterocycles. The van der Waals surface area contributed by atoms with Crippen molar-refractivity contribution >= 4 is 17.8 Å². The van der Waals surface area contributed by atoms with Crippen LogP contribution in [0.3, 0.4) is 0 Å². The molecule has 0 saturated carbocycles. The van der Waals surface area contributed by atoms with Gasteiger partial charge in [-0.3, -0.25) is 4.99 Å². The third-order valence-corrected chi connectivity index (χ3v) is 1.93. The molecular weight excluding hydrogens is 146 g/mol. The quantitative estimate of drug-likeness (QED) is 0.519. The van der Waals surface area contributed by atoms with Crippen LogP contribution in [-0.2, 0) is 0 Å². The minimum absolute atomic E-state index is 0.113. The molecule has 56 valence electrons. The second-order valence-electron chi connectivity index (χ2n) is 2.88. The van der Waals surface area contributed by atoms with Crippen molar-refractivity contribution in [3.8, 4) is 0 Å². The molecule has 1 nitrogen and oxygen atoms in total. The number of nitrogens with zero attached hydrogens (tertiary/aromatic N) is 1. The van der Waals surface area contributed by atoms with Crippen molar-refractivity contribution < 1.29 is 0 Å². The summed E-state index contributed by atoms with van der Waals surface area (Å²) in [6, 6.07) is 0. The predicted molar refractivity (Wildman–Crippen MR) is 45.7 cm³/mol. The fourth-order valence-electron chi connectivity index (χ4n) is 0.948. The lowest BCUT2D eigenvalue weighted by Crippen LogP contribution is -2.08. The number of halogens is 1. The number of alkyl halides is 1.